The van der Waals surface area contributed by atoms with Gasteiger partial charge in [0.05, 0.1) is 29.5 Å². The molecule has 1 unspecified atom stereocenters. The molecule has 4 nitrogen and oxygen atoms in total. The van der Waals surface area contributed by atoms with Crippen LogP contribution in [0.2, 0.25) is 5.02 Å². The number of aromatic nitrogens is 1. The average molecular weight is 311 g/mol. The van der Waals surface area contributed by atoms with Crippen LogP contribution >= 0.6 is 23.1 Å². The molecule has 0 spiro atoms. The topological polar surface area (TPSA) is 42.4 Å². The standard InChI is InChI=1S/C14H15ClN2O2S/c1-9(14(18)17-4-6-19-7-5-17)13-11-3-2-10(15)8-12(11)20-16-13/h2-3,8-9H,4-7H2,1H3. The second-order valence-electron chi connectivity index (χ2n) is 4.87. The van der Waals surface area contributed by atoms with Crippen molar-refractivity contribution >= 4 is 39.1 Å². The van der Waals surface area contributed by atoms with Gasteiger partial charge in [-0.05, 0) is 30.6 Å². The predicted octanol–water partition coefficient (Wildman–Crippen LogP) is 2.91. The summed E-state index contributed by atoms with van der Waals surface area (Å²) in [5.41, 5.74) is 0.846. The summed E-state index contributed by atoms with van der Waals surface area (Å²) in [5, 5.41) is 1.72. The van der Waals surface area contributed by atoms with Crippen molar-refractivity contribution in [2.75, 3.05) is 26.3 Å². The summed E-state index contributed by atoms with van der Waals surface area (Å²) in [6, 6.07) is 5.68. The van der Waals surface area contributed by atoms with Crippen molar-refractivity contribution in [2.24, 2.45) is 0 Å². The minimum absolute atomic E-state index is 0.121. The van der Waals surface area contributed by atoms with E-state index in [4.69, 9.17) is 16.3 Å². The van der Waals surface area contributed by atoms with Gasteiger partial charge in [0.15, 0.2) is 0 Å². The summed E-state index contributed by atoms with van der Waals surface area (Å²) >= 11 is 7.37. The van der Waals surface area contributed by atoms with Gasteiger partial charge in [-0.1, -0.05) is 17.7 Å². The molecule has 20 heavy (non-hydrogen) atoms. The molecule has 2 heterocycles. The summed E-state index contributed by atoms with van der Waals surface area (Å²) in [6.07, 6.45) is 0. The molecule has 3 rings (SSSR count). The largest absolute Gasteiger partial charge is 0.378 e. The van der Waals surface area contributed by atoms with E-state index >= 15 is 0 Å². The summed E-state index contributed by atoms with van der Waals surface area (Å²) in [4.78, 5) is 14.4. The Morgan fingerprint density at radius 2 is 2.20 bits per heavy atom. The lowest BCUT2D eigenvalue weighted by molar-refractivity contribution is -0.136. The maximum absolute atomic E-state index is 12.5. The maximum atomic E-state index is 12.5. The Kier molecular flexibility index (Phi) is 3.92. The van der Waals surface area contributed by atoms with Crippen LogP contribution in [0.25, 0.3) is 10.1 Å². The lowest BCUT2D eigenvalue weighted by atomic mass is 10.0. The van der Waals surface area contributed by atoms with Gasteiger partial charge in [0, 0.05) is 23.5 Å². The highest BCUT2D eigenvalue weighted by Gasteiger charge is 2.26. The predicted molar refractivity (Wildman–Crippen MR) is 80.4 cm³/mol. The number of ether oxygens (including phenoxy) is 1. The van der Waals surface area contributed by atoms with Gasteiger partial charge in [0.1, 0.15) is 0 Å². The molecule has 1 aliphatic heterocycles. The van der Waals surface area contributed by atoms with Gasteiger partial charge in [-0.3, -0.25) is 4.79 Å². The molecule has 0 bridgehead atoms. The van der Waals surface area contributed by atoms with E-state index in [9.17, 15) is 4.79 Å². The van der Waals surface area contributed by atoms with Gasteiger partial charge in [0.2, 0.25) is 5.91 Å². The summed E-state index contributed by atoms with van der Waals surface area (Å²) in [5.74, 6) is -0.113. The molecule has 1 fully saturated rings. The molecule has 2 aromatic rings. The fraction of sp³-hybridized carbons (Fsp3) is 0.429. The maximum Gasteiger partial charge on any atom is 0.231 e. The van der Waals surface area contributed by atoms with Crippen molar-refractivity contribution in [3.8, 4) is 0 Å². The number of carbonyl (C=O) groups excluding carboxylic acids is 1. The van der Waals surface area contributed by atoms with Crippen LogP contribution < -0.4 is 0 Å². The van der Waals surface area contributed by atoms with E-state index in [2.05, 4.69) is 4.37 Å². The normalized spacial score (nSPS) is 17.4. The quantitative estimate of drug-likeness (QED) is 0.856. The molecule has 0 saturated carbocycles. The van der Waals surface area contributed by atoms with E-state index in [1.165, 1.54) is 11.5 Å². The van der Waals surface area contributed by atoms with Gasteiger partial charge < -0.3 is 9.64 Å². The molecule has 0 radical (unpaired) electrons. The number of hydrogen-bond acceptors (Lipinski definition) is 4. The minimum Gasteiger partial charge on any atom is -0.378 e. The Balaban J connectivity index is 1.88. The third-order valence-corrected chi connectivity index (χ3v) is 4.62. The number of halogens is 1. The summed E-state index contributed by atoms with van der Waals surface area (Å²) in [6.45, 7) is 4.48. The second-order valence-corrected chi connectivity index (χ2v) is 6.11. The number of rotatable bonds is 2. The van der Waals surface area contributed by atoms with Gasteiger partial charge in [-0.2, -0.15) is 4.37 Å². The Bertz CT molecular complexity index is 637. The van der Waals surface area contributed by atoms with Gasteiger partial charge in [-0.25, -0.2) is 0 Å². The van der Waals surface area contributed by atoms with Crippen LogP contribution in [-0.4, -0.2) is 41.5 Å². The van der Waals surface area contributed by atoms with E-state index in [0.717, 1.165) is 15.8 Å². The molecule has 1 aromatic carbocycles. The number of amides is 1. The van der Waals surface area contributed by atoms with Crippen LogP contribution in [0, 0.1) is 0 Å². The van der Waals surface area contributed by atoms with Crippen LogP contribution in [-0.2, 0) is 9.53 Å². The first-order valence-corrected chi connectivity index (χ1v) is 7.73. The molecule has 0 aliphatic carbocycles. The molecule has 106 valence electrons. The van der Waals surface area contributed by atoms with Gasteiger partial charge in [0.25, 0.3) is 0 Å². The number of morpholine rings is 1. The zero-order valence-electron chi connectivity index (χ0n) is 11.1. The van der Waals surface area contributed by atoms with E-state index in [0.29, 0.717) is 31.3 Å². The summed E-state index contributed by atoms with van der Waals surface area (Å²) < 4.78 is 10.8. The average Bonchev–Trinajstić information content (AvgIpc) is 2.89. The van der Waals surface area contributed by atoms with Gasteiger partial charge in [-0.15, -0.1) is 0 Å². The van der Waals surface area contributed by atoms with Crippen molar-refractivity contribution in [1.29, 1.82) is 0 Å². The molecule has 1 aliphatic rings. The third-order valence-electron chi connectivity index (χ3n) is 3.57. The number of carbonyl (C=O) groups is 1. The van der Waals surface area contributed by atoms with E-state index in [-0.39, 0.29) is 11.8 Å². The highest BCUT2D eigenvalue weighted by molar-refractivity contribution is 7.13. The lowest BCUT2D eigenvalue weighted by Crippen LogP contribution is -2.42. The molecule has 1 atom stereocenters. The number of fused-ring (bicyclic) bond motifs is 1. The van der Waals surface area contributed by atoms with Gasteiger partial charge >= 0.3 is 0 Å². The molecule has 1 aromatic heterocycles. The minimum atomic E-state index is -0.233. The van der Waals surface area contributed by atoms with Crippen LogP contribution in [0.1, 0.15) is 18.5 Å². The van der Waals surface area contributed by atoms with E-state index in [1.54, 1.807) is 0 Å². The Morgan fingerprint density at radius 1 is 1.45 bits per heavy atom. The molecular weight excluding hydrogens is 296 g/mol. The molecular formula is C14H15ClN2O2S. The first-order chi connectivity index (χ1) is 9.66. The van der Waals surface area contributed by atoms with Crippen molar-refractivity contribution in [1.82, 2.24) is 9.27 Å². The molecule has 0 N–H and O–H groups in total. The third kappa shape index (κ3) is 2.53. The van der Waals surface area contributed by atoms with Crippen LogP contribution in [0.15, 0.2) is 18.2 Å². The van der Waals surface area contributed by atoms with Crippen molar-refractivity contribution in [2.45, 2.75) is 12.8 Å². The number of benzene rings is 1. The Labute approximate surface area is 126 Å². The zero-order valence-corrected chi connectivity index (χ0v) is 12.7. The smallest absolute Gasteiger partial charge is 0.231 e. The SMILES string of the molecule is CC(C(=O)N1CCOCC1)c1nsc2cc(Cl)ccc12. The molecule has 6 heteroatoms. The number of hydrogen-bond donors (Lipinski definition) is 0. The lowest BCUT2D eigenvalue weighted by Gasteiger charge is -2.28. The molecule has 1 amide bonds. The van der Waals surface area contributed by atoms with Crippen LogP contribution in [0.5, 0.6) is 0 Å². The van der Waals surface area contributed by atoms with Crippen molar-refractivity contribution < 1.29 is 9.53 Å². The first kappa shape index (κ1) is 13.8. The van der Waals surface area contributed by atoms with Crippen molar-refractivity contribution in [3.63, 3.8) is 0 Å². The van der Waals surface area contributed by atoms with E-state index in [1.807, 2.05) is 30.0 Å². The number of nitrogens with zero attached hydrogens (tertiary/aromatic N) is 2. The second kappa shape index (κ2) is 5.68. The fourth-order valence-corrected chi connectivity index (χ4v) is 3.56. The van der Waals surface area contributed by atoms with Crippen LogP contribution in [0.4, 0.5) is 0 Å². The Hall–Kier alpha value is -1.17. The monoisotopic (exact) mass is 310 g/mol. The zero-order chi connectivity index (χ0) is 14.1. The highest BCUT2D eigenvalue weighted by Crippen LogP contribution is 2.31. The fourth-order valence-electron chi connectivity index (χ4n) is 2.42. The van der Waals surface area contributed by atoms with Crippen molar-refractivity contribution in [3.05, 3.63) is 28.9 Å². The Morgan fingerprint density at radius 3 is 2.95 bits per heavy atom. The summed E-state index contributed by atoms with van der Waals surface area (Å²) in [7, 11) is 0. The van der Waals surface area contributed by atoms with Crippen LogP contribution in [0.3, 0.4) is 0 Å². The van der Waals surface area contributed by atoms with E-state index < -0.39 is 0 Å². The highest BCUT2D eigenvalue weighted by atomic mass is 35.5. The first-order valence-electron chi connectivity index (χ1n) is 6.58. The molecule has 1 saturated heterocycles.